The Balaban J connectivity index is 1.46. The maximum absolute atomic E-state index is 5.49. The van der Waals surface area contributed by atoms with Gasteiger partial charge < -0.3 is 14.3 Å². The summed E-state index contributed by atoms with van der Waals surface area (Å²) in [5.41, 5.74) is 3.86. The van der Waals surface area contributed by atoms with Crippen LogP contribution < -0.4 is 5.46 Å². The molecule has 0 saturated carbocycles. The topological polar surface area (TPSA) is 72.9 Å². The van der Waals surface area contributed by atoms with Crippen LogP contribution in [0.2, 0.25) is 0 Å². The molecule has 3 aromatic rings. The molecule has 0 bridgehead atoms. The third-order valence-electron chi connectivity index (χ3n) is 3.43. The van der Waals surface area contributed by atoms with Gasteiger partial charge in [0.15, 0.2) is 5.65 Å². The molecule has 1 saturated heterocycles. The van der Waals surface area contributed by atoms with Crippen molar-refractivity contribution in [1.29, 1.82) is 0 Å². The smallest absolute Gasteiger partial charge is 0.405 e. The number of aromatic nitrogens is 4. The molecule has 1 aliphatic rings. The zero-order chi connectivity index (χ0) is 14.8. The zero-order valence-electron chi connectivity index (χ0n) is 11.7. The fraction of sp³-hybridized carbons (Fsp3) is 0.214. The minimum atomic E-state index is -0.216. The van der Waals surface area contributed by atoms with E-state index in [1.54, 1.807) is 24.4 Å². The van der Waals surface area contributed by atoms with Crippen molar-refractivity contribution in [3.05, 3.63) is 42.5 Å². The monoisotopic (exact) mass is 312 g/mol. The van der Waals surface area contributed by atoms with E-state index >= 15 is 0 Å². The predicted octanol–water partition coefficient (Wildman–Crippen LogP) is 1.39. The fourth-order valence-electron chi connectivity index (χ4n) is 2.32. The molecule has 2 aromatic heterocycles. The van der Waals surface area contributed by atoms with Crippen LogP contribution in [0.15, 0.2) is 41.9 Å². The normalized spacial score (nSPS) is 14.8. The van der Waals surface area contributed by atoms with E-state index in [9.17, 15) is 0 Å². The van der Waals surface area contributed by atoms with Crippen molar-refractivity contribution in [2.24, 2.45) is 0 Å². The van der Waals surface area contributed by atoms with Crippen LogP contribution in [0.25, 0.3) is 11.2 Å². The van der Waals surface area contributed by atoms with Gasteiger partial charge in [0.1, 0.15) is 16.9 Å². The summed E-state index contributed by atoms with van der Waals surface area (Å²) >= 11 is 1.65. The maximum atomic E-state index is 5.49. The van der Waals surface area contributed by atoms with E-state index in [0.717, 1.165) is 27.4 Å². The first-order valence-electron chi connectivity index (χ1n) is 6.99. The molecule has 1 aliphatic heterocycles. The molecule has 1 N–H and O–H groups in total. The first-order chi connectivity index (χ1) is 10.9. The van der Waals surface area contributed by atoms with Crippen molar-refractivity contribution in [3.8, 4) is 0 Å². The van der Waals surface area contributed by atoms with Crippen molar-refractivity contribution in [2.75, 3.05) is 13.2 Å². The third-order valence-corrected chi connectivity index (χ3v) is 4.48. The second-order valence-corrected chi connectivity index (χ2v) is 5.85. The van der Waals surface area contributed by atoms with Crippen LogP contribution in [-0.4, -0.2) is 40.3 Å². The average molecular weight is 312 g/mol. The number of aromatic amines is 1. The Morgan fingerprint density at radius 2 is 1.91 bits per heavy atom. The number of hydrogen-bond donors (Lipinski definition) is 1. The molecule has 1 aromatic carbocycles. The molecule has 110 valence electrons. The molecule has 0 unspecified atom stereocenters. The maximum Gasteiger partial charge on any atom is 0.494 e. The van der Waals surface area contributed by atoms with Gasteiger partial charge in [-0.15, -0.1) is 0 Å². The second kappa shape index (κ2) is 6.08. The molecule has 3 heterocycles. The van der Waals surface area contributed by atoms with Crippen molar-refractivity contribution in [1.82, 2.24) is 19.9 Å². The minimum Gasteiger partial charge on any atom is -0.405 e. The van der Waals surface area contributed by atoms with Gasteiger partial charge in [-0.25, -0.2) is 15.0 Å². The lowest BCUT2D eigenvalue weighted by atomic mass is 9.79. The lowest BCUT2D eigenvalue weighted by Crippen LogP contribution is -2.31. The first kappa shape index (κ1) is 13.7. The highest BCUT2D eigenvalue weighted by molar-refractivity contribution is 7.98. The number of imidazole rings is 1. The van der Waals surface area contributed by atoms with Crippen LogP contribution in [0.4, 0.5) is 0 Å². The van der Waals surface area contributed by atoms with Gasteiger partial charge in [-0.2, -0.15) is 0 Å². The molecule has 8 heteroatoms. The highest BCUT2D eigenvalue weighted by Gasteiger charge is 2.25. The second-order valence-electron chi connectivity index (χ2n) is 4.88. The van der Waals surface area contributed by atoms with Gasteiger partial charge in [-0.3, -0.25) is 0 Å². The van der Waals surface area contributed by atoms with Crippen LogP contribution in [0.3, 0.4) is 0 Å². The van der Waals surface area contributed by atoms with Crippen LogP contribution in [0.5, 0.6) is 0 Å². The number of rotatable bonds is 4. The summed E-state index contributed by atoms with van der Waals surface area (Å²) < 4.78 is 11.0. The summed E-state index contributed by atoms with van der Waals surface area (Å²) in [4.78, 5) is 15.7. The van der Waals surface area contributed by atoms with Crippen molar-refractivity contribution in [2.45, 2.75) is 10.8 Å². The number of benzene rings is 1. The van der Waals surface area contributed by atoms with Crippen molar-refractivity contribution >= 4 is 35.5 Å². The number of hydrogen-bond acceptors (Lipinski definition) is 6. The largest absolute Gasteiger partial charge is 0.494 e. The number of nitrogens with one attached hydrogen (secondary N) is 1. The number of fused-ring (bicyclic) bond motifs is 1. The standard InChI is InChI=1S/C14H13BN4O2S/c1-3-11(15-20-5-6-21-15)4-2-10(1)7-22-14-12-13(17-8-16-12)18-9-19-14/h1-4,8-9H,5-7H2,(H,16,17,18,19). The van der Waals surface area contributed by atoms with Crippen molar-refractivity contribution in [3.63, 3.8) is 0 Å². The molecule has 0 atom stereocenters. The Labute approximate surface area is 131 Å². The predicted molar refractivity (Wildman–Crippen MR) is 85.0 cm³/mol. The Morgan fingerprint density at radius 3 is 2.73 bits per heavy atom. The zero-order valence-corrected chi connectivity index (χ0v) is 12.5. The van der Waals surface area contributed by atoms with Gasteiger partial charge in [-0.05, 0) is 11.0 Å². The molecule has 22 heavy (non-hydrogen) atoms. The van der Waals surface area contributed by atoms with Crippen LogP contribution in [0.1, 0.15) is 5.56 Å². The Kier molecular flexibility index (Phi) is 3.80. The highest BCUT2D eigenvalue weighted by Crippen LogP contribution is 2.25. The van der Waals surface area contributed by atoms with Crippen molar-refractivity contribution < 1.29 is 9.31 Å². The number of H-pyrrole nitrogens is 1. The quantitative estimate of drug-likeness (QED) is 0.446. The molecule has 0 radical (unpaired) electrons. The van der Waals surface area contributed by atoms with Crippen LogP contribution in [0, 0.1) is 0 Å². The molecule has 0 spiro atoms. The summed E-state index contributed by atoms with van der Waals surface area (Å²) in [6, 6.07) is 8.29. The van der Waals surface area contributed by atoms with E-state index in [2.05, 4.69) is 44.2 Å². The van der Waals surface area contributed by atoms with E-state index < -0.39 is 0 Å². The van der Waals surface area contributed by atoms with Gasteiger partial charge in [0.25, 0.3) is 0 Å². The molecule has 1 fully saturated rings. The van der Waals surface area contributed by atoms with Gasteiger partial charge in [-0.1, -0.05) is 36.0 Å². The summed E-state index contributed by atoms with van der Waals surface area (Å²) in [6.45, 7) is 1.32. The summed E-state index contributed by atoms with van der Waals surface area (Å²) in [6.07, 6.45) is 3.19. The Hall–Kier alpha value is -1.90. The van der Waals surface area contributed by atoms with E-state index in [0.29, 0.717) is 13.2 Å². The van der Waals surface area contributed by atoms with Gasteiger partial charge in [0.05, 0.1) is 19.5 Å². The molecular formula is C14H13BN4O2S. The molecular weight excluding hydrogens is 299 g/mol. The van der Waals surface area contributed by atoms with E-state index in [4.69, 9.17) is 9.31 Å². The molecule has 0 amide bonds. The van der Waals surface area contributed by atoms with Gasteiger partial charge >= 0.3 is 7.12 Å². The lowest BCUT2D eigenvalue weighted by molar-refractivity contribution is 0.365. The summed E-state index contributed by atoms with van der Waals surface area (Å²) in [5, 5.41) is 0.887. The summed E-state index contributed by atoms with van der Waals surface area (Å²) in [5.74, 6) is 0.825. The van der Waals surface area contributed by atoms with Gasteiger partial charge in [0, 0.05) is 5.75 Å². The third kappa shape index (κ3) is 2.72. The van der Waals surface area contributed by atoms with Crippen LogP contribution >= 0.6 is 11.8 Å². The van der Waals surface area contributed by atoms with E-state index in [1.807, 2.05) is 0 Å². The van der Waals surface area contributed by atoms with E-state index in [1.165, 1.54) is 5.56 Å². The minimum absolute atomic E-state index is 0.216. The molecule has 4 rings (SSSR count). The van der Waals surface area contributed by atoms with Crippen LogP contribution in [-0.2, 0) is 15.1 Å². The first-order valence-corrected chi connectivity index (χ1v) is 7.97. The lowest BCUT2D eigenvalue weighted by Gasteiger charge is -2.06. The Bertz CT molecular complexity index is 774. The number of thioether (sulfide) groups is 1. The highest BCUT2D eigenvalue weighted by atomic mass is 32.2. The molecule has 0 aliphatic carbocycles. The van der Waals surface area contributed by atoms with Gasteiger partial charge in [0.2, 0.25) is 0 Å². The summed E-state index contributed by atoms with van der Waals surface area (Å²) in [7, 11) is -0.216. The fourth-order valence-corrected chi connectivity index (χ4v) is 3.23. The SMILES string of the molecule is c1nc(SCc2ccc(B3OCCO3)cc2)c2nc[nH]c2n1. The average Bonchev–Trinajstić information content (AvgIpc) is 3.24. The molecule has 6 nitrogen and oxygen atoms in total. The Morgan fingerprint density at radius 1 is 1.09 bits per heavy atom. The number of nitrogens with zero attached hydrogens (tertiary/aromatic N) is 3. The van der Waals surface area contributed by atoms with E-state index in [-0.39, 0.29) is 7.12 Å².